The number of ether oxygens (including phenoxy) is 2. The molecule has 0 N–H and O–H groups in total. The lowest BCUT2D eigenvalue weighted by Gasteiger charge is -2.19. The Morgan fingerprint density at radius 2 is 2.12 bits per heavy atom. The first-order valence-electron chi connectivity index (χ1n) is 6.13. The van der Waals surface area contributed by atoms with Gasteiger partial charge in [-0.25, -0.2) is 0 Å². The summed E-state index contributed by atoms with van der Waals surface area (Å²) in [5, 5.41) is 0. The maximum absolute atomic E-state index is 6.03. The molecule has 2 atom stereocenters. The average molecular weight is 218 g/mol. The number of epoxide rings is 1. The van der Waals surface area contributed by atoms with E-state index in [1.165, 1.54) is 24.0 Å². The molecular formula is C14H18O2. The fourth-order valence-electron chi connectivity index (χ4n) is 2.16. The molecule has 86 valence electrons. The summed E-state index contributed by atoms with van der Waals surface area (Å²) >= 11 is 0. The third kappa shape index (κ3) is 2.28. The smallest absolute Gasteiger partial charge is 0.104 e. The van der Waals surface area contributed by atoms with Gasteiger partial charge in [-0.3, -0.25) is 0 Å². The summed E-state index contributed by atoms with van der Waals surface area (Å²) in [6.07, 6.45) is 3.28. The van der Waals surface area contributed by atoms with Crippen molar-refractivity contribution in [2.24, 2.45) is 5.92 Å². The zero-order chi connectivity index (χ0) is 11.0. The second-order valence-corrected chi connectivity index (χ2v) is 4.90. The lowest BCUT2D eigenvalue weighted by atomic mass is 10.00. The zero-order valence-corrected chi connectivity index (χ0v) is 9.69. The number of hydrogen-bond acceptors (Lipinski definition) is 2. The molecule has 0 radical (unpaired) electrons. The van der Waals surface area contributed by atoms with E-state index < -0.39 is 0 Å². The van der Waals surface area contributed by atoms with E-state index in [0.717, 1.165) is 19.1 Å². The number of rotatable bonds is 5. The second-order valence-electron chi connectivity index (χ2n) is 4.90. The molecule has 2 heteroatoms. The van der Waals surface area contributed by atoms with Gasteiger partial charge in [0, 0.05) is 0 Å². The van der Waals surface area contributed by atoms with Crippen molar-refractivity contribution in [3.63, 3.8) is 0 Å². The van der Waals surface area contributed by atoms with Crippen LogP contribution in [0.4, 0.5) is 0 Å². The SMILES string of the molecule is Cc1ccccc1[C@H](OC[C@H]1CO1)C1CC1. The molecule has 1 aromatic carbocycles. The lowest BCUT2D eigenvalue weighted by Crippen LogP contribution is -2.12. The van der Waals surface area contributed by atoms with Gasteiger partial charge in [0.05, 0.1) is 19.3 Å². The Labute approximate surface area is 96.6 Å². The van der Waals surface area contributed by atoms with Crippen molar-refractivity contribution in [3.05, 3.63) is 35.4 Å². The van der Waals surface area contributed by atoms with Crippen LogP contribution in [0.2, 0.25) is 0 Å². The van der Waals surface area contributed by atoms with Gasteiger partial charge in [0.25, 0.3) is 0 Å². The van der Waals surface area contributed by atoms with Crippen LogP contribution < -0.4 is 0 Å². The molecule has 0 unspecified atom stereocenters. The van der Waals surface area contributed by atoms with Crippen molar-refractivity contribution in [3.8, 4) is 0 Å². The monoisotopic (exact) mass is 218 g/mol. The van der Waals surface area contributed by atoms with E-state index in [9.17, 15) is 0 Å². The first-order chi connectivity index (χ1) is 7.84. The molecule has 0 amide bonds. The third-order valence-corrected chi connectivity index (χ3v) is 3.41. The molecule has 0 bridgehead atoms. The van der Waals surface area contributed by atoms with Crippen LogP contribution in [0.3, 0.4) is 0 Å². The molecule has 0 spiro atoms. The Hall–Kier alpha value is -0.860. The maximum Gasteiger partial charge on any atom is 0.104 e. The van der Waals surface area contributed by atoms with E-state index in [1.807, 2.05) is 0 Å². The second kappa shape index (κ2) is 4.19. The zero-order valence-electron chi connectivity index (χ0n) is 9.69. The predicted molar refractivity (Wildman–Crippen MR) is 62.3 cm³/mol. The minimum absolute atomic E-state index is 0.297. The molecule has 1 aliphatic carbocycles. The Balaban J connectivity index is 1.73. The van der Waals surface area contributed by atoms with Gasteiger partial charge in [-0.15, -0.1) is 0 Å². The maximum atomic E-state index is 6.03. The molecule has 1 saturated carbocycles. The number of benzene rings is 1. The summed E-state index contributed by atoms with van der Waals surface area (Å²) in [6.45, 7) is 3.81. The summed E-state index contributed by atoms with van der Waals surface area (Å²) in [4.78, 5) is 0. The van der Waals surface area contributed by atoms with Crippen molar-refractivity contribution >= 4 is 0 Å². The van der Waals surface area contributed by atoms with Crippen LogP contribution in [-0.2, 0) is 9.47 Å². The van der Waals surface area contributed by atoms with Gasteiger partial charge >= 0.3 is 0 Å². The molecule has 2 aliphatic rings. The topological polar surface area (TPSA) is 21.8 Å². The molecular weight excluding hydrogens is 200 g/mol. The lowest BCUT2D eigenvalue weighted by molar-refractivity contribution is 0.0271. The van der Waals surface area contributed by atoms with E-state index in [-0.39, 0.29) is 0 Å². The molecule has 16 heavy (non-hydrogen) atoms. The molecule has 1 saturated heterocycles. The predicted octanol–water partition coefficient (Wildman–Crippen LogP) is 2.86. The molecule has 1 aliphatic heterocycles. The third-order valence-electron chi connectivity index (χ3n) is 3.41. The van der Waals surface area contributed by atoms with Crippen molar-refractivity contribution in [1.82, 2.24) is 0 Å². The van der Waals surface area contributed by atoms with Gasteiger partial charge < -0.3 is 9.47 Å². The van der Waals surface area contributed by atoms with Crippen molar-refractivity contribution in [2.45, 2.75) is 32.0 Å². The molecule has 2 fully saturated rings. The van der Waals surface area contributed by atoms with Crippen molar-refractivity contribution in [2.75, 3.05) is 13.2 Å². The summed E-state index contributed by atoms with van der Waals surface area (Å²) in [6, 6.07) is 8.56. The first-order valence-corrected chi connectivity index (χ1v) is 6.13. The standard InChI is InChI=1S/C14H18O2/c1-10-4-2-3-5-13(10)14(11-6-7-11)16-9-12-8-15-12/h2-5,11-12,14H,6-9H2,1H3/t12-,14-/m1/s1. The van der Waals surface area contributed by atoms with Gasteiger partial charge in [-0.05, 0) is 36.8 Å². The first kappa shape index (κ1) is 10.3. The minimum Gasteiger partial charge on any atom is -0.371 e. The number of aryl methyl sites for hydroxylation is 1. The highest BCUT2D eigenvalue weighted by Crippen LogP contribution is 2.44. The Morgan fingerprint density at radius 1 is 1.38 bits per heavy atom. The van der Waals surface area contributed by atoms with Crippen LogP contribution in [0.25, 0.3) is 0 Å². The largest absolute Gasteiger partial charge is 0.371 e. The summed E-state index contributed by atoms with van der Waals surface area (Å²) in [5.74, 6) is 0.736. The molecule has 0 aromatic heterocycles. The van der Waals surface area contributed by atoms with Gasteiger partial charge in [0.2, 0.25) is 0 Å². The van der Waals surface area contributed by atoms with E-state index in [4.69, 9.17) is 9.47 Å². The highest BCUT2D eigenvalue weighted by Gasteiger charge is 2.35. The normalized spacial score (nSPS) is 25.4. The van der Waals surface area contributed by atoms with Crippen LogP contribution in [0, 0.1) is 12.8 Å². The van der Waals surface area contributed by atoms with E-state index in [2.05, 4.69) is 31.2 Å². The fraction of sp³-hybridized carbons (Fsp3) is 0.571. The highest BCUT2D eigenvalue weighted by atomic mass is 16.6. The molecule has 3 rings (SSSR count). The molecule has 1 aromatic rings. The van der Waals surface area contributed by atoms with Crippen LogP contribution in [0.5, 0.6) is 0 Å². The van der Waals surface area contributed by atoms with Gasteiger partial charge in [-0.2, -0.15) is 0 Å². The van der Waals surface area contributed by atoms with Crippen LogP contribution in [0.1, 0.15) is 30.1 Å². The van der Waals surface area contributed by atoms with Gasteiger partial charge in [-0.1, -0.05) is 24.3 Å². The van der Waals surface area contributed by atoms with E-state index in [0.29, 0.717) is 12.2 Å². The quantitative estimate of drug-likeness (QED) is 0.709. The molecule has 2 nitrogen and oxygen atoms in total. The van der Waals surface area contributed by atoms with Gasteiger partial charge in [0.1, 0.15) is 6.10 Å². The Morgan fingerprint density at radius 3 is 2.75 bits per heavy atom. The van der Waals surface area contributed by atoms with Crippen molar-refractivity contribution in [1.29, 1.82) is 0 Å². The number of hydrogen-bond donors (Lipinski definition) is 0. The van der Waals surface area contributed by atoms with Gasteiger partial charge in [0.15, 0.2) is 0 Å². The van der Waals surface area contributed by atoms with Crippen LogP contribution in [0.15, 0.2) is 24.3 Å². The Bertz CT molecular complexity index is 367. The van der Waals surface area contributed by atoms with E-state index >= 15 is 0 Å². The Kier molecular flexibility index (Phi) is 2.70. The van der Waals surface area contributed by atoms with Crippen LogP contribution >= 0.6 is 0 Å². The van der Waals surface area contributed by atoms with Crippen LogP contribution in [-0.4, -0.2) is 19.3 Å². The minimum atomic E-state index is 0.297. The average Bonchev–Trinajstić information content (AvgIpc) is 3.15. The van der Waals surface area contributed by atoms with Crippen molar-refractivity contribution < 1.29 is 9.47 Å². The fourth-order valence-corrected chi connectivity index (χ4v) is 2.16. The van der Waals surface area contributed by atoms with E-state index in [1.54, 1.807) is 0 Å². The summed E-state index contributed by atoms with van der Waals surface area (Å²) in [5.41, 5.74) is 2.71. The molecule has 1 heterocycles. The highest BCUT2D eigenvalue weighted by molar-refractivity contribution is 5.29. The summed E-state index contributed by atoms with van der Waals surface area (Å²) < 4.78 is 11.2. The summed E-state index contributed by atoms with van der Waals surface area (Å²) in [7, 11) is 0.